The van der Waals surface area contributed by atoms with Gasteiger partial charge in [-0.15, -0.1) is 0 Å². The fourth-order valence-electron chi connectivity index (χ4n) is 1.52. The van der Waals surface area contributed by atoms with Crippen LogP contribution in [0, 0.1) is 6.92 Å². The maximum absolute atomic E-state index is 11.9. The third-order valence-electron chi connectivity index (χ3n) is 2.91. The van der Waals surface area contributed by atoms with E-state index in [1.807, 2.05) is 20.8 Å². The number of rotatable bonds is 4. The topological polar surface area (TPSA) is 51.1 Å². The highest BCUT2D eigenvalue weighted by Crippen LogP contribution is 2.09. The fourth-order valence-corrected chi connectivity index (χ4v) is 2.11. The van der Waals surface area contributed by atoms with Crippen molar-refractivity contribution in [3.05, 3.63) is 32.7 Å². The van der Waals surface area contributed by atoms with Gasteiger partial charge in [0, 0.05) is 21.8 Å². The summed E-state index contributed by atoms with van der Waals surface area (Å²) in [6.07, 6.45) is 2.47. The molecule has 0 bridgehead atoms. The van der Waals surface area contributed by atoms with Gasteiger partial charge in [0.05, 0.1) is 0 Å². The number of pyridine rings is 1. The average Bonchev–Trinajstić information content (AvgIpc) is 2.24. The van der Waals surface area contributed by atoms with Crippen LogP contribution in [0.4, 0.5) is 0 Å². The number of carbonyl (C=O) groups is 1. The molecule has 0 spiro atoms. The van der Waals surface area contributed by atoms with Gasteiger partial charge in [-0.1, -0.05) is 6.92 Å². The van der Waals surface area contributed by atoms with Crippen molar-refractivity contribution < 1.29 is 4.79 Å². The first-order chi connectivity index (χ1) is 8.25. The number of halogens is 1. The van der Waals surface area contributed by atoms with E-state index in [-0.39, 0.29) is 23.6 Å². The molecule has 0 saturated heterocycles. The molecule has 1 N–H and O–H groups in total. The second kappa shape index (κ2) is 5.69. The van der Waals surface area contributed by atoms with Crippen molar-refractivity contribution in [2.45, 2.75) is 46.2 Å². The summed E-state index contributed by atoms with van der Waals surface area (Å²) >= 11 is 3.32. The lowest BCUT2D eigenvalue weighted by molar-refractivity contribution is -0.123. The highest BCUT2D eigenvalue weighted by atomic mass is 79.9. The molecule has 0 saturated carbocycles. The molecule has 0 aliphatic carbocycles. The van der Waals surface area contributed by atoms with Crippen molar-refractivity contribution in [3.8, 4) is 0 Å². The zero-order valence-corrected chi connectivity index (χ0v) is 12.8. The Morgan fingerprint density at radius 3 is 2.67 bits per heavy atom. The minimum Gasteiger partial charge on any atom is -0.350 e. The van der Waals surface area contributed by atoms with Crippen molar-refractivity contribution >= 4 is 21.8 Å². The first-order valence-corrected chi connectivity index (χ1v) is 6.72. The van der Waals surface area contributed by atoms with Gasteiger partial charge in [-0.2, -0.15) is 0 Å². The summed E-state index contributed by atoms with van der Waals surface area (Å²) in [6, 6.07) is 1.74. The van der Waals surface area contributed by atoms with Gasteiger partial charge in [0.2, 0.25) is 5.91 Å². The van der Waals surface area contributed by atoms with E-state index in [4.69, 9.17) is 0 Å². The van der Waals surface area contributed by atoms with Crippen LogP contribution in [0.3, 0.4) is 0 Å². The number of hydrogen-bond acceptors (Lipinski definition) is 2. The Kier molecular flexibility index (Phi) is 4.73. The van der Waals surface area contributed by atoms with Crippen molar-refractivity contribution in [1.82, 2.24) is 9.88 Å². The third kappa shape index (κ3) is 3.98. The third-order valence-corrected chi connectivity index (χ3v) is 3.34. The number of hydrogen-bond donors (Lipinski definition) is 1. The standard InChI is InChI=1S/C13H19BrN2O2/c1-5-13(3,4)15-11(17)8-16-7-10(14)6-9(2)12(16)18/h6-7H,5,8H2,1-4H3,(H,15,17). The van der Waals surface area contributed by atoms with Gasteiger partial charge in [0.15, 0.2) is 0 Å². The van der Waals surface area contributed by atoms with Crippen LogP contribution in [0.1, 0.15) is 32.8 Å². The van der Waals surface area contributed by atoms with E-state index in [1.165, 1.54) is 4.57 Å². The van der Waals surface area contributed by atoms with Gasteiger partial charge in [0.1, 0.15) is 6.54 Å². The largest absolute Gasteiger partial charge is 0.350 e. The average molecular weight is 315 g/mol. The summed E-state index contributed by atoms with van der Waals surface area (Å²) in [5.41, 5.74) is 0.233. The van der Waals surface area contributed by atoms with Crippen LogP contribution in [0.5, 0.6) is 0 Å². The molecular weight excluding hydrogens is 296 g/mol. The molecule has 5 heteroatoms. The lowest BCUT2D eigenvalue weighted by Gasteiger charge is -2.24. The Labute approximate surface area is 116 Å². The number of amides is 1. The Morgan fingerprint density at radius 1 is 1.50 bits per heavy atom. The summed E-state index contributed by atoms with van der Waals surface area (Å²) in [5, 5.41) is 2.91. The normalized spacial score (nSPS) is 11.4. The smallest absolute Gasteiger partial charge is 0.253 e. The highest BCUT2D eigenvalue weighted by molar-refractivity contribution is 9.10. The van der Waals surface area contributed by atoms with Crippen molar-refractivity contribution in [2.75, 3.05) is 0 Å². The van der Waals surface area contributed by atoms with Gasteiger partial charge in [-0.25, -0.2) is 0 Å². The molecule has 1 rings (SSSR count). The molecule has 0 radical (unpaired) electrons. The predicted molar refractivity (Wildman–Crippen MR) is 75.7 cm³/mol. The monoisotopic (exact) mass is 314 g/mol. The number of carbonyl (C=O) groups excluding carboxylic acids is 1. The van der Waals surface area contributed by atoms with E-state index < -0.39 is 0 Å². The first-order valence-electron chi connectivity index (χ1n) is 5.93. The SMILES string of the molecule is CCC(C)(C)NC(=O)Cn1cc(Br)cc(C)c1=O. The van der Waals surface area contributed by atoms with E-state index >= 15 is 0 Å². The zero-order valence-electron chi connectivity index (χ0n) is 11.2. The summed E-state index contributed by atoms with van der Waals surface area (Å²) in [7, 11) is 0. The number of nitrogens with one attached hydrogen (secondary N) is 1. The maximum atomic E-state index is 11.9. The van der Waals surface area contributed by atoms with Gasteiger partial charge >= 0.3 is 0 Å². The van der Waals surface area contributed by atoms with E-state index in [0.717, 1.165) is 10.9 Å². The quantitative estimate of drug-likeness (QED) is 0.926. The van der Waals surface area contributed by atoms with Crippen LogP contribution >= 0.6 is 15.9 Å². The molecule has 1 heterocycles. The van der Waals surface area contributed by atoms with Crippen LogP contribution in [0.15, 0.2) is 21.5 Å². The van der Waals surface area contributed by atoms with Crippen LogP contribution < -0.4 is 10.9 Å². The Bertz CT molecular complexity index is 506. The molecule has 0 aromatic carbocycles. The second-order valence-corrected chi connectivity index (χ2v) is 5.98. The summed E-state index contributed by atoms with van der Waals surface area (Å²) in [5.74, 6) is -0.151. The minimum atomic E-state index is -0.248. The van der Waals surface area contributed by atoms with Crippen LogP contribution in [0.25, 0.3) is 0 Å². The summed E-state index contributed by atoms with van der Waals surface area (Å²) in [4.78, 5) is 23.7. The number of aromatic nitrogens is 1. The second-order valence-electron chi connectivity index (χ2n) is 5.06. The van der Waals surface area contributed by atoms with Gasteiger partial charge in [-0.3, -0.25) is 9.59 Å². The molecule has 0 aliphatic heterocycles. The molecule has 0 fully saturated rings. The predicted octanol–water partition coefficient (Wildman–Crippen LogP) is 2.22. The van der Waals surface area contributed by atoms with Gasteiger partial charge in [-0.05, 0) is 49.2 Å². The molecular formula is C13H19BrN2O2. The molecule has 4 nitrogen and oxygen atoms in total. The van der Waals surface area contributed by atoms with E-state index in [1.54, 1.807) is 19.2 Å². The minimum absolute atomic E-state index is 0.0442. The molecule has 0 unspecified atom stereocenters. The molecule has 1 aromatic rings. The molecule has 18 heavy (non-hydrogen) atoms. The lowest BCUT2D eigenvalue weighted by atomic mass is 10.0. The first kappa shape index (κ1) is 15.0. The Morgan fingerprint density at radius 2 is 2.11 bits per heavy atom. The van der Waals surface area contributed by atoms with E-state index in [0.29, 0.717) is 5.56 Å². The van der Waals surface area contributed by atoms with Crippen molar-refractivity contribution in [1.29, 1.82) is 0 Å². The molecule has 1 aromatic heterocycles. The highest BCUT2D eigenvalue weighted by Gasteiger charge is 2.18. The zero-order chi connectivity index (χ0) is 13.9. The molecule has 0 atom stereocenters. The van der Waals surface area contributed by atoms with Crippen LogP contribution in [-0.4, -0.2) is 16.0 Å². The van der Waals surface area contributed by atoms with Crippen LogP contribution in [0.2, 0.25) is 0 Å². The molecule has 0 aliphatic rings. The molecule has 100 valence electrons. The summed E-state index contributed by atoms with van der Waals surface area (Å²) < 4.78 is 2.21. The Balaban J connectivity index is 2.86. The fraction of sp³-hybridized carbons (Fsp3) is 0.538. The van der Waals surface area contributed by atoms with E-state index in [9.17, 15) is 9.59 Å². The number of aryl methyl sites for hydroxylation is 1. The maximum Gasteiger partial charge on any atom is 0.253 e. The molecule has 1 amide bonds. The van der Waals surface area contributed by atoms with Gasteiger partial charge in [0.25, 0.3) is 5.56 Å². The van der Waals surface area contributed by atoms with E-state index in [2.05, 4.69) is 21.2 Å². The van der Waals surface area contributed by atoms with Crippen molar-refractivity contribution in [2.24, 2.45) is 0 Å². The number of nitrogens with zero attached hydrogens (tertiary/aromatic N) is 1. The van der Waals surface area contributed by atoms with Crippen molar-refractivity contribution in [3.63, 3.8) is 0 Å². The van der Waals surface area contributed by atoms with Crippen LogP contribution in [-0.2, 0) is 11.3 Å². The summed E-state index contributed by atoms with van der Waals surface area (Å²) in [6.45, 7) is 7.70. The lowest BCUT2D eigenvalue weighted by Crippen LogP contribution is -2.45. The Hall–Kier alpha value is -1.10. The van der Waals surface area contributed by atoms with Gasteiger partial charge < -0.3 is 9.88 Å².